The van der Waals surface area contributed by atoms with Gasteiger partial charge in [0.25, 0.3) is 0 Å². The van der Waals surface area contributed by atoms with E-state index in [1.807, 2.05) is 13.8 Å². The number of pyridine rings is 1. The van der Waals surface area contributed by atoms with Crippen LogP contribution in [0.15, 0.2) is 35.5 Å². The first-order valence-corrected chi connectivity index (χ1v) is 9.62. The molecule has 1 aromatic heterocycles. The lowest BCUT2D eigenvalue weighted by Crippen LogP contribution is -2.29. The van der Waals surface area contributed by atoms with Crippen molar-refractivity contribution in [3.63, 3.8) is 0 Å². The second-order valence-corrected chi connectivity index (χ2v) is 7.89. The monoisotopic (exact) mass is 387 g/mol. The third-order valence-corrected chi connectivity index (χ3v) is 5.52. The molecule has 142 valence electrons. The summed E-state index contributed by atoms with van der Waals surface area (Å²) in [7, 11) is 1.55. The minimum absolute atomic E-state index is 0.125. The maximum Gasteiger partial charge on any atom is 0.185 e. The van der Waals surface area contributed by atoms with Crippen molar-refractivity contribution in [3.8, 4) is 5.75 Å². The van der Waals surface area contributed by atoms with Gasteiger partial charge in [0.1, 0.15) is 17.3 Å². The molecule has 0 bridgehead atoms. The standard InChI is InChI=1S/C20H22FN3O2S/c1-12-8-14(26-3)11-23-18(12)17(25)10-13-4-5-16(21)15(9-13)20(2)6-7-27-19(22)24-20/h4-5,8-9,11H,6-7,10H2,1-3H3,(H2,22,24)/t20-/m0/s1. The molecule has 0 fully saturated rings. The number of Topliss-reactive ketones (excluding diaryl/α,β-unsaturated/α-hetero) is 1. The van der Waals surface area contributed by atoms with Crippen molar-refractivity contribution in [2.24, 2.45) is 10.7 Å². The zero-order valence-electron chi connectivity index (χ0n) is 15.6. The number of ether oxygens (including phenoxy) is 1. The van der Waals surface area contributed by atoms with Gasteiger partial charge in [-0.05, 0) is 49.6 Å². The van der Waals surface area contributed by atoms with Crippen molar-refractivity contribution in [1.29, 1.82) is 0 Å². The number of aryl methyl sites for hydroxylation is 1. The summed E-state index contributed by atoms with van der Waals surface area (Å²) in [5, 5.41) is 0.461. The molecule has 2 heterocycles. The zero-order chi connectivity index (χ0) is 19.6. The summed E-state index contributed by atoms with van der Waals surface area (Å²) in [5.41, 5.74) is 7.47. The van der Waals surface area contributed by atoms with Gasteiger partial charge < -0.3 is 10.5 Å². The van der Waals surface area contributed by atoms with Crippen LogP contribution in [-0.4, -0.2) is 28.8 Å². The predicted octanol–water partition coefficient (Wildman–Crippen LogP) is 3.63. The largest absolute Gasteiger partial charge is 0.495 e. The van der Waals surface area contributed by atoms with Crippen molar-refractivity contribution in [1.82, 2.24) is 4.98 Å². The quantitative estimate of drug-likeness (QED) is 0.793. The summed E-state index contributed by atoms with van der Waals surface area (Å²) < 4.78 is 19.6. The van der Waals surface area contributed by atoms with E-state index in [0.717, 1.165) is 16.9 Å². The van der Waals surface area contributed by atoms with Crippen LogP contribution in [-0.2, 0) is 12.0 Å². The molecule has 1 aliphatic rings. The van der Waals surface area contributed by atoms with E-state index < -0.39 is 5.54 Å². The molecule has 27 heavy (non-hydrogen) atoms. The fraction of sp³-hybridized carbons (Fsp3) is 0.350. The van der Waals surface area contributed by atoms with Crippen LogP contribution in [0.25, 0.3) is 0 Å². The molecule has 0 aliphatic carbocycles. The fourth-order valence-corrected chi connectivity index (χ4v) is 4.17. The average Bonchev–Trinajstić information content (AvgIpc) is 2.62. The first kappa shape index (κ1) is 19.4. The number of amidine groups is 1. The number of thioether (sulfide) groups is 1. The van der Waals surface area contributed by atoms with E-state index in [1.54, 1.807) is 25.3 Å². The third kappa shape index (κ3) is 4.13. The summed E-state index contributed by atoms with van der Waals surface area (Å²) in [6, 6.07) is 6.52. The van der Waals surface area contributed by atoms with Gasteiger partial charge in [-0.2, -0.15) is 0 Å². The Balaban J connectivity index is 1.88. The highest BCUT2D eigenvalue weighted by Gasteiger charge is 2.32. The molecule has 0 radical (unpaired) electrons. The first-order chi connectivity index (χ1) is 12.8. The average molecular weight is 387 g/mol. The van der Waals surface area contributed by atoms with Crippen LogP contribution < -0.4 is 10.5 Å². The van der Waals surface area contributed by atoms with Crippen LogP contribution in [0.1, 0.15) is 40.5 Å². The van der Waals surface area contributed by atoms with Gasteiger partial charge in [-0.25, -0.2) is 9.37 Å². The molecule has 1 aliphatic heterocycles. The van der Waals surface area contributed by atoms with Crippen LogP contribution in [0.3, 0.4) is 0 Å². The van der Waals surface area contributed by atoms with Crippen LogP contribution in [0, 0.1) is 12.7 Å². The summed E-state index contributed by atoms with van der Waals surface area (Å²) in [6.07, 6.45) is 2.35. The summed E-state index contributed by atoms with van der Waals surface area (Å²) >= 11 is 1.47. The summed E-state index contributed by atoms with van der Waals surface area (Å²) in [4.78, 5) is 21.4. The number of methoxy groups -OCH3 is 1. The highest BCUT2D eigenvalue weighted by Crippen LogP contribution is 2.36. The molecule has 7 heteroatoms. The number of carbonyl (C=O) groups is 1. The molecular weight excluding hydrogens is 365 g/mol. The fourth-order valence-electron chi connectivity index (χ4n) is 3.20. The Labute approximate surface area is 162 Å². The number of aromatic nitrogens is 1. The number of benzene rings is 1. The zero-order valence-corrected chi connectivity index (χ0v) is 16.4. The second-order valence-electron chi connectivity index (χ2n) is 6.78. The Bertz CT molecular complexity index is 916. The van der Waals surface area contributed by atoms with Crippen LogP contribution in [0.5, 0.6) is 5.75 Å². The lowest BCUT2D eigenvalue weighted by Gasteiger charge is -2.30. The minimum Gasteiger partial charge on any atom is -0.495 e. The number of aliphatic imine (C=N–C) groups is 1. The predicted molar refractivity (Wildman–Crippen MR) is 106 cm³/mol. The van der Waals surface area contributed by atoms with E-state index in [1.165, 1.54) is 24.0 Å². The Kier molecular flexibility index (Phi) is 5.51. The number of nitrogens with zero attached hydrogens (tertiary/aromatic N) is 2. The topological polar surface area (TPSA) is 77.6 Å². The van der Waals surface area contributed by atoms with Crippen LogP contribution in [0.2, 0.25) is 0 Å². The Hall–Kier alpha value is -2.41. The molecule has 5 nitrogen and oxygen atoms in total. The van der Waals surface area contributed by atoms with Crippen molar-refractivity contribution < 1.29 is 13.9 Å². The first-order valence-electron chi connectivity index (χ1n) is 8.63. The maximum atomic E-state index is 14.5. The van der Waals surface area contributed by atoms with Gasteiger partial charge in [-0.3, -0.25) is 9.79 Å². The number of carbonyl (C=O) groups excluding carboxylic acids is 1. The van der Waals surface area contributed by atoms with Gasteiger partial charge in [-0.15, -0.1) is 0 Å². The normalized spacial score (nSPS) is 19.5. The number of nitrogens with two attached hydrogens (primary N) is 1. The highest BCUT2D eigenvalue weighted by atomic mass is 32.2. The van der Waals surface area contributed by atoms with Gasteiger partial charge in [0.2, 0.25) is 0 Å². The third-order valence-electron chi connectivity index (χ3n) is 4.72. The molecule has 1 atom stereocenters. The molecule has 2 N–H and O–H groups in total. The molecule has 0 unspecified atom stereocenters. The number of ketones is 1. The van der Waals surface area contributed by atoms with Gasteiger partial charge >= 0.3 is 0 Å². The maximum absolute atomic E-state index is 14.5. The van der Waals surface area contributed by atoms with E-state index in [-0.39, 0.29) is 18.0 Å². The van der Waals surface area contributed by atoms with E-state index in [2.05, 4.69) is 9.98 Å². The van der Waals surface area contributed by atoms with Gasteiger partial charge in [0.05, 0.1) is 18.8 Å². The molecule has 0 saturated carbocycles. The Morgan fingerprint density at radius 1 is 1.41 bits per heavy atom. The molecule has 3 rings (SSSR count). The molecule has 0 amide bonds. The van der Waals surface area contributed by atoms with Crippen LogP contribution >= 0.6 is 11.8 Å². The van der Waals surface area contributed by atoms with Gasteiger partial charge in [0.15, 0.2) is 11.0 Å². The number of halogens is 1. The second kappa shape index (κ2) is 7.68. The smallest absolute Gasteiger partial charge is 0.185 e. The van der Waals surface area contributed by atoms with E-state index in [4.69, 9.17) is 10.5 Å². The summed E-state index contributed by atoms with van der Waals surface area (Å²) in [6.45, 7) is 3.69. The molecule has 0 saturated heterocycles. The number of hydrogen-bond acceptors (Lipinski definition) is 6. The Morgan fingerprint density at radius 2 is 2.19 bits per heavy atom. The van der Waals surface area contributed by atoms with E-state index in [0.29, 0.717) is 28.6 Å². The van der Waals surface area contributed by atoms with Crippen molar-refractivity contribution in [3.05, 3.63) is 58.7 Å². The van der Waals surface area contributed by atoms with Crippen molar-refractivity contribution >= 4 is 22.7 Å². The Morgan fingerprint density at radius 3 is 2.85 bits per heavy atom. The number of rotatable bonds is 5. The minimum atomic E-state index is -0.716. The lowest BCUT2D eigenvalue weighted by molar-refractivity contribution is 0.0987. The SMILES string of the molecule is COc1cnc(C(=O)Cc2ccc(F)c([C@]3(C)CCSC(N)=N3)c2)c(C)c1. The van der Waals surface area contributed by atoms with Gasteiger partial charge in [0, 0.05) is 17.7 Å². The van der Waals surface area contributed by atoms with Crippen molar-refractivity contribution in [2.45, 2.75) is 32.2 Å². The lowest BCUT2D eigenvalue weighted by atomic mass is 9.87. The highest BCUT2D eigenvalue weighted by molar-refractivity contribution is 8.13. The number of hydrogen-bond donors (Lipinski definition) is 1. The van der Waals surface area contributed by atoms with E-state index >= 15 is 0 Å². The van der Waals surface area contributed by atoms with Gasteiger partial charge in [-0.1, -0.05) is 17.8 Å². The molecule has 0 spiro atoms. The molecule has 2 aromatic rings. The van der Waals surface area contributed by atoms with E-state index in [9.17, 15) is 9.18 Å². The summed E-state index contributed by atoms with van der Waals surface area (Å²) in [5.74, 6) is 0.922. The van der Waals surface area contributed by atoms with Crippen LogP contribution in [0.4, 0.5) is 4.39 Å². The molecule has 1 aromatic carbocycles. The molecular formula is C20H22FN3O2S. The van der Waals surface area contributed by atoms with Crippen molar-refractivity contribution in [2.75, 3.05) is 12.9 Å².